The Labute approximate surface area is 81.8 Å². The van der Waals surface area contributed by atoms with Crippen LogP contribution >= 0.6 is 0 Å². The van der Waals surface area contributed by atoms with Crippen LogP contribution in [0.15, 0.2) is 0 Å². The lowest BCUT2D eigenvalue weighted by Gasteiger charge is -2.19. The molecule has 13 heavy (non-hydrogen) atoms. The third-order valence-electron chi connectivity index (χ3n) is 2.88. The Morgan fingerprint density at radius 3 is 2.77 bits per heavy atom. The summed E-state index contributed by atoms with van der Waals surface area (Å²) in [4.78, 5) is 0. The van der Waals surface area contributed by atoms with Crippen LogP contribution in [0.25, 0.3) is 0 Å². The monoisotopic (exact) mass is 185 g/mol. The minimum absolute atomic E-state index is 0.300. The highest BCUT2D eigenvalue weighted by molar-refractivity contribution is 4.80. The number of rotatable bonds is 5. The van der Waals surface area contributed by atoms with Gasteiger partial charge in [0.25, 0.3) is 0 Å². The van der Waals surface area contributed by atoms with E-state index in [-0.39, 0.29) is 0 Å². The molecule has 0 heterocycles. The zero-order chi connectivity index (χ0) is 9.68. The molecule has 1 saturated carbocycles. The van der Waals surface area contributed by atoms with Crippen LogP contribution in [0.1, 0.15) is 46.0 Å². The fourth-order valence-corrected chi connectivity index (χ4v) is 2.03. The normalized spacial score (nSPS) is 30.7. The number of hydrogen-bond donors (Lipinski definition) is 1. The minimum atomic E-state index is 0.300. The molecule has 0 saturated heterocycles. The van der Waals surface area contributed by atoms with Crippen molar-refractivity contribution in [1.82, 2.24) is 0 Å². The summed E-state index contributed by atoms with van der Waals surface area (Å²) in [5.74, 6) is 0.692. The molecule has 2 heteroatoms. The third-order valence-corrected chi connectivity index (χ3v) is 2.88. The van der Waals surface area contributed by atoms with E-state index in [9.17, 15) is 0 Å². The van der Waals surface area contributed by atoms with Gasteiger partial charge in [-0.2, -0.15) is 0 Å². The smallest absolute Gasteiger partial charge is 0.0726 e. The van der Waals surface area contributed by atoms with Gasteiger partial charge in [-0.3, -0.25) is 0 Å². The topological polar surface area (TPSA) is 35.2 Å². The molecule has 0 radical (unpaired) electrons. The fourth-order valence-electron chi connectivity index (χ4n) is 2.03. The standard InChI is InChI=1S/C11H23NO/c1-3-5-9(2)8-13-11-7-4-6-10(11)12/h9-11H,3-8,12H2,1-2H3. The Bertz CT molecular complexity index is 138. The Kier molecular flexibility index (Phi) is 4.74. The Morgan fingerprint density at radius 2 is 2.23 bits per heavy atom. The van der Waals surface area contributed by atoms with E-state index in [1.165, 1.54) is 25.7 Å². The van der Waals surface area contributed by atoms with Crippen LogP contribution < -0.4 is 5.73 Å². The molecule has 1 rings (SSSR count). The van der Waals surface area contributed by atoms with Crippen molar-refractivity contribution in [2.75, 3.05) is 6.61 Å². The summed E-state index contributed by atoms with van der Waals surface area (Å²) in [7, 11) is 0. The first kappa shape index (κ1) is 11.0. The second-order valence-corrected chi connectivity index (χ2v) is 4.36. The van der Waals surface area contributed by atoms with Gasteiger partial charge in [0.1, 0.15) is 0 Å². The van der Waals surface area contributed by atoms with Crippen molar-refractivity contribution in [3.63, 3.8) is 0 Å². The van der Waals surface area contributed by atoms with Crippen LogP contribution in [0.5, 0.6) is 0 Å². The van der Waals surface area contributed by atoms with Crippen LogP contribution in [-0.4, -0.2) is 18.8 Å². The van der Waals surface area contributed by atoms with Gasteiger partial charge in [0.15, 0.2) is 0 Å². The van der Waals surface area contributed by atoms with E-state index in [0.29, 0.717) is 18.1 Å². The molecule has 1 aliphatic carbocycles. The molecule has 78 valence electrons. The van der Waals surface area contributed by atoms with Gasteiger partial charge in [0.2, 0.25) is 0 Å². The van der Waals surface area contributed by atoms with Gasteiger partial charge in [-0.1, -0.05) is 20.3 Å². The molecule has 1 aliphatic rings. The number of nitrogens with two attached hydrogens (primary N) is 1. The molecule has 3 atom stereocenters. The van der Waals surface area contributed by atoms with Crippen molar-refractivity contribution in [3.8, 4) is 0 Å². The summed E-state index contributed by atoms with van der Waals surface area (Å²) in [5, 5.41) is 0. The number of hydrogen-bond acceptors (Lipinski definition) is 2. The summed E-state index contributed by atoms with van der Waals surface area (Å²) < 4.78 is 5.80. The molecular weight excluding hydrogens is 162 g/mol. The summed E-state index contributed by atoms with van der Waals surface area (Å²) in [6.07, 6.45) is 6.42. The van der Waals surface area contributed by atoms with E-state index in [1.54, 1.807) is 0 Å². The van der Waals surface area contributed by atoms with Crippen LogP contribution in [0.2, 0.25) is 0 Å². The predicted octanol–water partition coefficient (Wildman–Crippen LogP) is 2.32. The molecule has 1 fully saturated rings. The largest absolute Gasteiger partial charge is 0.376 e. The van der Waals surface area contributed by atoms with E-state index >= 15 is 0 Å². The van der Waals surface area contributed by atoms with Gasteiger partial charge >= 0.3 is 0 Å². The maximum atomic E-state index is 5.91. The highest BCUT2D eigenvalue weighted by atomic mass is 16.5. The molecule has 2 nitrogen and oxygen atoms in total. The van der Waals surface area contributed by atoms with Crippen molar-refractivity contribution >= 4 is 0 Å². The second-order valence-electron chi connectivity index (χ2n) is 4.36. The first-order valence-electron chi connectivity index (χ1n) is 5.61. The van der Waals surface area contributed by atoms with E-state index in [0.717, 1.165) is 13.0 Å². The first-order valence-corrected chi connectivity index (χ1v) is 5.61. The zero-order valence-corrected chi connectivity index (χ0v) is 8.96. The van der Waals surface area contributed by atoms with E-state index in [4.69, 9.17) is 10.5 Å². The highest BCUT2D eigenvalue weighted by Crippen LogP contribution is 2.21. The van der Waals surface area contributed by atoms with Crippen molar-refractivity contribution in [1.29, 1.82) is 0 Å². The third kappa shape index (κ3) is 3.65. The van der Waals surface area contributed by atoms with Gasteiger partial charge in [-0.25, -0.2) is 0 Å². The molecule has 0 aliphatic heterocycles. The lowest BCUT2D eigenvalue weighted by atomic mass is 10.1. The Morgan fingerprint density at radius 1 is 1.46 bits per heavy atom. The highest BCUT2D eigenvalue weighted by Gasteiger charge is 2.24. The molecule has 0 bridgehead atoms. The average Bonchev–Trinajstić information content (AvgIpc) is 2.48. The van der Waals surface area contributed by atoms with Gasteiger partial charge < -0.3 is 10.5 Å². The van der Waals surface area contributed by atoms with Crippen LogP contribution in [-0.2, 0) is 4.74 Å². The molecule has 3 unspecified atom stereocenters. The molecular formula is C11H23NO. The summed E-state index contributed by atoms with van der Waals surface area (Å²) in [6, 6.07) is 0.300. The molecule has 0 aromatic heterocycles. The van der Waals surface area contributed by atoms with E-state index in [1.807, 2.05) is 0 Å². The first-order chi connectivity index (χ1) is 6.24. The van der Waals surface area contributed by atoms with Gasteiger partial charge in [-0.05, 0) is 31.6 Å². The Hall–Kier alpha value is -0.0800. The quantitative estimate of drug-likeness (QED) is 0.713. The minimum Gasteiger partial charge on any atom is -0.376 e. The molecule has 0 aromatic carbocycles. The van der Waals surface area contributed by atoms with Gasteiger partial charge in [-0.15, -0.1) is 0 Å². The average molecular weight is 185 g/mol. The van der Waals surface area contributed by atoms with Gasteiger partial charge in [0.05, 0.1) is 6.10 Å². The fraction of sp³-hybridized carbons (Fsp3) is 1.00. The molecule has 0 spiro atoms. The number of ether oxygens (including phenoxy) is 1. The molecule has 2 N–H and O–H groups in total. The maximum absolute atomic E-state index is 5.91. The van der Waals surface area contributed by atoms with Crippen molar-refractivity contribution in [3.05, 3.63) is 0 Å². The van der Waals surface area contributed by atoms with Crippen LogP contribution in [0.3, 0.4) is 0 Å². The van der Waals surface area contributed by atoms with Crippen molar-refractivity contribution in [2.24, 2.45) is 11.7 Å². The summed E-state index contributed by atoms with van der Waals surface area (Å²) in [5.41, 5.74) is 5.91. The van der Waals surface area contributed by atoms with Crippen molar-refractivity contribution in [2.45, 2.75) is 58.1 Å². The summed E-state index contributed by atoms with van der Waals surface area (Å²) in [6.45, 7) is 5.37. The molecule has 0 aromatic rings. The second kappa shape index (κ2) is 5.61. The predicted molar refractivity (Wildman–Crippen MR) is 55.6 cm³/mol. The lowest BCUT2D eigenvalue weighted by molar-refractivity contribution is 0.0264. The molecule has 0 amide bonds. The zero-order valence-electron chi connectivity index (χ0n) is 8.96. The lowest BCUT2D eigenvalue weighted by Crippen LogP contribution is -2.32. The van der Waals surface area contributed by atoms with Crippen molar-refractivity contribution < 1.29 is 4.74 Å². The summed E-state index contributed by atoms with van der Waals surface area (Å²) >= 11 is 0. The Balaban J connectivity index is 2.10. The SMILES string of the molecule is CCCC(C)COC1CCCC1N. The maximum Gasteiger partial charge on any atom is 0.0726 e. The van der Waals surface area contributed by atoms with E-state index in [2.05, 4.69) is 13.8 Å². The van der Waals surface area contributed by atoms with Crippen LogP contribution in [0, 0.1) is 5.92 Å². The van der Waals surface area contributed by atoms with Gasteiger partial charge in [0, 0.05) is 12.6 Å². The van der Waals surface area contributed by atoms with Crippen LogP contribution in [0.4, 0.5) is 0 Å². The van der Waals surface area contributed by atoms with E-state index < -0.39 is 0 Å².